The Labute approximate surface area is 101 Å². The van der Waals surface area contributed by atoms with E-state index in [2.05, 4.69) is 5.32 Å². The molecule has 0 heterocycles. The summed E-state index contributed by atoms with van der Waals surface area (Å²) in [5, 5.41) is 11.9. The van der Waals surface area contributed by atoms with Crippen molar-refractivity contribution in [3.05, 3.63) is 0 Å². The molecule has 5 heteroatoms. The second-order valence-corrected chi connectivity index (χ2v) is 5.18. The van der Waals surface area contributed by atoms with E-state index in [-0.39, 0.29) is 18.0 Å². The number of rotatable bonds is 3. The highest BCUT2D eigenvalue weighted by Gasteiger charge is 2.32. The van der Waals surface area contributed by atoms with Crippen LogP contribution in [-0.4, -0.2) is 41.1 Å². The summed E-state index contributed by atoms with van der Waals surface area (Å²) in [4.78, 5) is 24.4. The average molecular weight is 240 g/mol. The Kier molecular flexibility index (Phi) is 3.54. The van der Waals surface area contributed by atoms with Gasteiger partial charge in [0, 0.05) is 19.1 Å². The molecule has 2 amide bonds. The van der Waals surface area contributed by atoms with Crippen LogP contribution in [0.4, 0.5) is 4.79 Å². The van der Waals surface area contributed by atoms with Gasteiger partial charge in [0.15, 0.2) is 0 Å². The third-order valence-electron chi connectivity index (χ3n) is 3.82. The van der Waals surface area contributed by atoms with Crippen LogP contribution in [0.15, 0.2) is 0 Å². The number of carboxylic acids is 1. The minimum Gasteiger partial charge on any atom is -0.481 e. The predicted octanol–water partition coefficient (Wildman–Crippen LogP) is 1.43. The van der Waals surface area contributed by atoms with E-state index < -0.39 is 5.97 Å². The Bertz CT molecular complexity index is 307. The first kappa shape index (κ1) is 12.2. The van der Waals surface area contributed by atoms with Crippen molar-refractivity contribution >= 4 is 12.0 Å². The first-order valence-corrected chi connectivity index (χ1v) is 6.34. The average Bonchev–Trinajstić information content (AvgIpc) is 3.12. The highest BCUT2D eigenvalue weighted by atomic mass is 16.4. The van der Waals surface area contributed by atoms with Crippen LogP contribution in [0.5, 0.6) is 0 Å². The highest BCUT2D eigenvalue weighted by molar-refractivity contribution is 5.75. The molecule has 0 aromatic heterocycles. The van der Waals surface area contributed by atoms with Crippen LogP contribution < -0.4 is 5.32 Å². The van der Waals surface area contributed by atoms with Crippen molar-refractivity contribution in [1.82, 2.24) is 10.2 Å². The molecule has 0 aromatic carbocycles. The third kappa shape index (κ3) is 3.11. The van der Waals surface area contributed by atoms with Crippen molar-refractivity contribution in [3.8, 4) is 0 Å². The summed E-state index contributed by atoms with van der Waals surface area (Å²) in [7, 11) is 1.83. The quantitative estimate of drug-likeness (QED) is 0.784. The van der Waals surface area contributed by atoms with Crippen molar-refractivity contribution in [2.75, 3.05) is 7.05 Å². The van der Waals surface area contributed by atoms with Crippen molar-refractivity contribution < 1.29 is 14.7 Å². The molecule has 0 spiro atoms. The Balaban J connectivity index is 1.73. The van der Waals surface area contributed by atoms with Gasteiger partial charge in [0.05, 0.1) is 5.92 Å². The summed E-state index contributed by atoms with van der Waals surface area (Å²) >= 11 is 0. The van der Waals surface area contributed by atoms with E-state index in [4.69, 9.17) is 5.11 Å². The normalized spacial score (nSPS) is 28.5. The fourth-order valence-electron chi connectivity index (χ4n) is 2.39. The van der Waals surface area contributed by atoms with Crippen molar-refractivity contribution in [1.29, 1.82) is 0 Å². The van der Waals surface area contributed by atoms with Crippen LogP contribution in [0, 0.1) is 5.92 Å². The van der Waals surface area contributed by atoms with Crippen molar-refractivity contribution in [2.24, 2.45) is 5.92 Å². The maximum absolute atomic E-state index is 11.8. The molecule has 0 aliphatic heterocycles. The molecule has 0 atom stereocenters. The van der Waals surface area contributed by atoms with E-state index in [9.17, 15) is 9.59 Å². The Morgan fingerprint density at radius 1 is 1.12 bits per heavy atom. The topological polar surface area (TPSA) is 69.6 Å². The number of hydrogen-bond donors (Lipinski definition) is 2. The number of carbonyl (C=O) groups is 2. The fourth-order valence-corrected chi connectivity index (χ4v) is 2.39. The van der Waals surface area contributed by atoms with Crippen LogP contribution in [0.25, 0.3) is 0 Å². The largest absolute Gasteiger partial charge is 0.481 e. The van der Waals surface area contributed by atoms with E-state index in [0.717, 1.165) is 25.7 Å². The van der Waals surface area contributed by atoms with E-state index >= 15 is 0 Å². The minimum absolute atomic E-state index is 0.00808. The second kappa shape index (κ2) is 4.94. The molecule has 0 bridgehead atoms. The predicted molar refractivity (Wildman–Crippen MR) is 62.7 cm³/mol. The van der Waals surface area contributed by atoms with E-state index in [1.807, 2.05) is 7.05 Å². The van der Waals surface area contributed by atoms with Gasteiger partial charge in [-0.15, -0.1) is 0 Å². The number of hydrogen-bond acceptors (Lipinski definition) is 2. The summed E-state index contributed by atoms with van der Waals surface area (Å²) in [6, 6.07) is 0.566. The van der Waals surface area contributed by atoms with Gasteiger partial charge < -0.3 is 15.3 Å². The number of aliphatic carboxylic acids is 1. The Morgan fingerprint density at radius 3 is 2.18 bits per heavy atom. The molecule has 2 fully saturated rings. The number of nitrogens with one attached hydrogen (secondary N) is 1. The number of carbonyl (C=O) groups excluding carboxylic acids is 1. The molecule has 17 heavy (non-hydrogen) atoms. The molecule has 2 N–H and O–H groups in total. The standard InChI is InChI=1S/C12H20N2O3/c1-14(10-6-7-10)12(17)13-9-4-2-8(3-5-9)11(15)16/h8-10H,2-7H2,1H3,(H,13,17)(H,15,16). The van der Waals surface area contributed by atoms with E-state index in [1.165, 1.54) is 0 Å². The molecular weight excluding hydrogens is 220 g/mol. The Morgan fingerprint density at radius 2 is 1.71 bits per heavy atom. The molecule has 2 aliphatic carbocycles. The first-order chi connectivity index (χ1) is 8.08. The van der Waals surface area contributed by atoms with Gasteiger partial charge in [-0.05, 0) is 38.5 Å². The van der Waals surface area contributed by atoms with Crippen molar-refractivity contribution in [2.45, 2.75) is 50.6 Å². The number of amides is 2. The number of urea groups is 1. The lowest BCUT2D eigenvalue weighted by Crippen LogP contribution is -2.45. The van der Waals surface area contributed by atoms with Gasteiger partial charge in [-0.1, -0.05) is 0 Å². The monoisotopic (exact) mass is 240 g/mol. The zero-order valence-corrected chi connectivity index (χ0v) is 10.2. The second-order valence-electron chi connectivity index (χ2n) is 5.18. The molecule has 0 radical (unpaired) electrons. The van der Waals surface area contributed by atoms with Crippen LogP contribution >= 0.6 is 0 Å². The molecule has 0 unspecified atom stereocenters. The zero-order valence-electron chi connectivity index (χ0n) is 10.2. The molecule has 2 aliphatic rings. The molecule has 96 valence electrons. The lowest BCUT2D eigenvalue weighted by Gasteiger charge is -2.28. The zero-order chi connectivity index (χ0) is 12.4. The van der Waals surface area contributed by atoms with Crippen LogP contribution in [0.3, 0.4) is 0 Å². The summed E-state index contributed by atoms with van der Waals surface area (Å²) < 4.78 is 0. The van der Waals surface area contributed by atoms with Crippen LogP contribution in [0.2, 0.25) is 0 Å². The maximum Gasteiger partial charge on any atom is 0.317 e. The van der Waals surface area contributed by atoms with Crippen LogP contribution in [-0.2, 0) is 4.79 Å². The molecule has 2 saturated carbocycles. The lowest BCUT2D eigenvalue weighted by molar-refractivity contribution is -0.142. The summed E-state index contributed by atoms with van der Waals surface area (Å²) in [6.07, 6.45) is 5.12. The van der Waals surface area contributed by atoms with Crippen molar-refractivity contribution in [3.63, 3.8) is 0 Å². The van der Waals surface area contributed by atoms with Gasteiger partial charge in [0.1, 0.15) is 0 Å². The van der Waals surface area contributed by atoms with Gasteiger partial charge in [-0.2, -0.15) is 0 Å². The molecule has 0 aromatic rings. The molecule has 0 saturated heterocycles. The van der Waals surface area contributed by atoms with Crippen LogP contribution in [0.1, 0.15) is 38.5 Å². The molecule has 2 rings (SSSR count). The molecular formula is C12H20N2O3. The van der Waals surface area contributed by atoms with Gasteiger partial charge in [0.2, 0.25) is 0 Å². The fraction of sp³-hybridized carbons (Fsp3) is 0.833. The SMILES string of the molecule is CN(C(=O)NC1CCC(C(=O)O)CC1)C1CC1. The first-order valence-electron chi connectivity index (χ1n) is 6.34. The van der Waals surface area contributed by atoms with E-state index in [1.54, 1.807) is 4.90 Å². The van der Waals surface area contributed by atoms with Gasteiger partial charge in [-0.25, -0.2) is 4.79 Å². The van der Waals surface area contributed by atoms with Gasteiger partial charge in [0.25, 0.3) is 0 Å². The number of carboxylic acid groups (broad SMARTS) is 1. The highest BCUT2D eigenvalue weighted by Crippen LogP contribution is 2.27. The summed E-state index contributed by atoms with van der Waals surface area (Å²) in [6.45, 7) is 0. The smallest absolute Gasteiger partial charge is 0.317 e. The van der Waals surface area contributed by atoms with Gasteiger partial charge in [-0.3, -0.25) is 4.79 Å². The number of nitrogens with zero attached hydrogens (tertiary/aromatic N) is 1. The lowest BCUT2D eigenvalue weighted by atomic mass is 9.86. The van der Waals surface area contributed by atoms with E-state index in [0.29, 0.717) is 18.9 Å². The summed E-state index contributed by atoms with van der Waals surface area (Å²) in [5.74, 6) is -0.922. The summed E-state index contributed by atoms with van der Waals surface area (Å²) in [5.41, 5.74) is 0. The van der Waals surface area contributed by atoms with Gasteiger partial charge >= 0.3 is 12.0 Å². The molecule has 5 nitrogen and oxygen atoms in total. The maximum atomic E-state index is 11.8. The third-order valence-corrected chi connectivity index (χ3v) is 3.82. The minimum atomic E-state index is -0.704. The Hall–Kier alpha value is -1.26.